The molecular formula is C23H36N2O4. The molecule has 0 heterocycles. The van der Waals surface area contributed by atoms with Crippen LogP contribution in [0.3, 0.4) is 0 Å². The third-order valence-electron chi connectivity index (χ3n) is 5.22. The van der Waals surface area contributed by atoms with Gasteiger partial charge in [-0.1, -0.05) is 44.2 Å². The molecule has 1 fully saturated rings. The van der Waals surface area contributed by atoms with Crippen molar-refractivity contribution in [2.45, 2.75) is 83.9 Å². The molecule has 1 aromatic rings. The van der Waals surface area contributed by atoms with Crippen molar-refractivity contribution >= 4 is 12.0 Å². The van der Waals surface area contributed by atoms with E-state index in [1.807, 2.05) is 45.0 Å². The topological polar surface area (TPSA) is 76.7 Å². The van der Waals surface area contributed by atoms with Gasteiger partial charge in [0.1, 0.15) is 17.4 Å². The average Bonchev–Trinajstić information content (AvgIpc) is 2.69. The van der Waals surface area contributed by atoms with E-state index in [1.54, 1.807) is 7.11 Å². The van der Waals surface area contributed by atoms with Gasteiger partial charge < -0.3 is 20.1 Å². The van der Waals surface area contributed by atoms with Crippen LogP contribution in [0.5, 0.6) is 5.75 Å². The Balaban J connectivity index is 1.93. The molecule has 0 aromatic heterocycles. The Morgan fingerprint density at radius 1 is 1.10 bits per heavy atom. The van der Waals surface area contributed by atoms with E-state index in [0.717, 1.165) is 17.7 Å². The SMILES string of the molecule is COc1ccc(CNC(=O)[C@H](CCC2CCCCC2)NC(=O)OC(C)(C)C)cc1. The fourth-order valence-corrected chi connectivity index (χ4v) is 3.65. The lowest BCUT2D eigenvalue weighted by atomic mass is 9.85. The van der Waals surface area contributed by atoms with Crippen LogP contribution < -0.4 is 15.4 Å². The molecule has 2 N–H and O–H groups in total. The second kappa shape index (κ2) is 11.1. The van der Waals surface area contributed by atoms with Crippen molar-refractivity contribution < 1.29 is 19.1 Å². The van der Waals surface area contributed by atoms with Crippen molar-refractivity contribution in [3.63, 3.8) is 0 Å². The predicted octanol–water partition coefficient (Wildman–Crippen LogP) is 4.57. The molecule has 162 valence electrons. The number of amides is 2. The Kier molecular flexibility index (Phi) is 8.80. The molecule has 0 saturated heterocycles. The summed E-state index contributed by atoms with van der Waals surface area (Å²) in [6.07, 6.45) is 7.27. The highest BCUT2D eigenvalue weighted by Crippen LogP contribution is 2.27. The van der Waals surface area contributed by atoms with Gasteiger partial charge in [-0.05, 0) is 57.2 Å². The lowest BCUT2D eigenvalue weighted by molar-refractivity contribution is -0.123. The standard InChI is InChI=1S/C23H36N2O4/c1-23(2,3)29-22(27)25-20(15-12-17-8-6-5-7-9-17)21(26)24-16-18-10-13-19(28-4)14-11-18/h10-11,13-14,17,20H,5-9,12,15-16H2,1-4H3,(H,24,26)(H,25,27)/t20-/m0/s1. The molecule has 0 unspecified atom stereocenters. The summed E-state index contributed by atoms with van der Waals surface area (Å²) in [5, 5.41) is 5.72. The third kappa shape index (κ3) is 8.75. The lowest BCUT2D eigenvalue weighted by Gasteiger charge is -2.26. The summed E-state index contributed by atoms with van der Waals surface area (Å²) in [6, 6.07) is 6.96. The number of carbonyl (C=O) groups excluding carboxylic acids is 2. The smallest absolute Gasteiger partial charge is 0.408 e. The summed E-state index contributed by atoms with van der Waals surface area (Å²) in [6.45, 7) is 5.84. The first-order valence-corrected chi connectivity index (χ1v) is 10.7. The van der Waals surface area contributed by atoms with E-state index in [4.69, 9.17) is 9.47 Å². The van der Waals surface area contributed by atoms with Crippen molar-refractivity contribution in [2.75, 3.05) is 7.11 Å². The molecule has 0 aliphatic heterocycles. The molecule has 1 aliphatic rings. The van der Waals surface area contributed by atoms with Gasteiger partial charge in [-0.2, -0.15) is 0 Å². The van der Waals surface area contributed by atoms with Gasteiger partial charge in [0, 0.05) is 6.54 Å². The zero-order valence-electron chi connectivity index (χ0n) is 18.3. The van der Waals surface area contributed by atoms with Gasteiger partial charge >= 0.3 is 6.09 Å². The molecule has 0 spiro atoms. The summed E-state index contributed by atoms with van der Waals surface area (Å²) in [4.78, 5) is 25.0. The molecule has 2 rings (SSSR count). The van der Waals surface area contributed by atoms with E-state index in [2.05, 4.69) is 10.6 Å². The van der Waals surface area contributed by atoms with Crippen molar-refractivity contribution in [3.05, 3.63) is 29.8 Å². The Morgan fingerprint density at radius 2 is 1.76 bits per heavy atom. The Labute approximate surface area is 174 Å². The number of alkyl carbamates (subject to hydrolysis) is 1. The average molecular weight is 405 g/mol. The maximum atomic E-state index is 12.8. The van der Waals surface area contributed by atoms with E-state index in [0.29, 0.717) is 18.9 Å². The van der Waals surface area contributed by atoms with Crippen LogP contribution in [-0.2, 0) is 16.1 Å². The number of methoxy groups -OCH3 is 1. The Hall–Kier alpha value is -2.24. The lowest BCUT2D eigenvalue weighted by Crippen LogP contribution is -2.48. The molecule has 6 heteroatoms. The Bertz CT molecular complexity index is 646. The fraction of sp³-hybridized carbons (Fsp3) is 0.652. The van der Waals surface area contributed by atoms with Gasteiger partial charge in [0.25, 0.3) is 0 Å². The summed E-state index contributed by atoms with van der Waals surface area (Å²) >= 11 is 0. The molecule has 1 saturated carbocycles. The molecule has 2 amide bonds. The third-order valence-corrected chi connectivity index (χ3v) is 5.22. The van der Waals surface area contributed by atoms with Crippen LogP contribution in [0.25, 0.3) is 0 Å². The van der Waals surface area contributed by atoms with Gasteiger partial charge in [0.05, 0.1) is 7.11 Å². The van der Waals surface area contributed by atoms with Gasteiger partial charge in [-0.15, -0.1) is 0 Å². The van der Waals surface area contributed by atoms with E-state index in [1.165, 1.54) is 32.1 Å². The zero-order chi connectivity index (χ0) is 21.3. The summed E-state index contributed by atoms with van der Waals surface area (Å²) < 4.78 is 10.5. The van der Waals surface area contributed by atoms with Gasteiger partial charge in [0.2, 0.25) is 5.91 Å². The van der Waals surface area contributed by atoms with Crippen molar-refractivity contribution in [2.24, 2.45) is 5.92 Å². The highest BCUT2D eigenvalue weighted by Gasteiger charge is 2.25. The Morgan fingerprint density at radius 3 is 2.34 bits per heavy atom. The first kappa shape index (κ1) is 23.0. The summed E-state index contributed by atoms with van der Waals surface area (Å²) in [5.41, 5.74) is 0.375. The molecule has 0 bridgehead atoms. The highest BCUT2D eigenvalue weighted by molar-refractivity contribution is 5.85. The first-order valence-electron chi connectivity index (χ1n) is 10.7. The van der Waals surface area contributed by atoms with Crippen LogP contribution in [0.4, 0.5) is 4.79 Å². The maximum Gasteiger partial charge on any atom is 0.408 e. The minimum Gasteiger partial charge on any atom is -0.497 e. The summed E-state index contributed by atoms with van der Waals surface area (Å²) in [7, 11) is 1.62. The quantitative estimate of drug-likeness (QED) is 0.666. The first-order chi connectivity index (χ1) is 13.8. The number of ether oxygens (including phenoxy) is 2. The molecular weight excluding hydrogens is 368 g/mol. The number of hydrogen-bond donors (Lipinski definition) is 2. The van der Waals surface area contributed by atoms with Crippen molar-refractivity contribution in [3.8, 4) is 5.75 Å². The molecule has 1 aliphatic carbocycles. The maximum absolute atomic E-state index is 12.8. The number of carbonyl (C=O) groups is 2. The molecule has 0 radical (unpaired) electrons. The predicted molar refractivity (Wildman–Crippen MR) is 114 cm³/mol. The van der Waals surface area contributed by atoms with E-state index < -0.39 is 17.7 Å². The molecule has 1 atom stereocenters. The largest absolute Gasteiger partial charge is 0.497 e. The molecule has 1 aromatic carbocycles. The van der Waals surface area contributed by atoms with Crippen molar-refractivity contribution in [1.29, 1.82) is 0 Å². The monoisotopic (exact) mass is 404 g/mol. The summed E-state index contributed by atoms with van der Waals surface area (Å²) in [5.74, 6) is 1.24. The number of rotatable bonds is 8. The zero-order valence-corrected chi connectivity index (χ0v) is 18.3. The van der Waals surface area contributed by atoms with Crippen molar-refractivity contribution in [1.82, 2.24) is 10.6 Å². The van der Waals surface area contributed by atoms with Gasteiger partial charge in [-0.3, -0.25) is 4.79 Å². The van der Waals surface area contributed by atoms with Crippen LogP contribution in [-0.4, -0.2) is 30.8 Å². The second-order valence-corrected chi connectivity index (χ2v) is 8.85. The molecule has 29 heavy (non-hydrogen) atoms. The fourth-order valence-electron chi connectivity index (χ4n) is 3.65. The van der Waals surface area contributed by atoms with Crippen LogP contribution in [0.15, 0.2) is 24.3 Å². The van der Waals surface area contributed by atoms with Crippen LogP contribution >= 0.6 is 0 Å². The van der Waals surface area contributed by atoms with E-state index in [9.17, 15) is 9.59 Å². The number of hydrogen-bond acceptors (Lipinski definition) is 4. The van der Waals surface area contributed by atoms with Gasteiger partial charge in [0.15, 0.2) is 0 Å². The molecule has 6 nitrogen and oxygen atoms in total. The highest BCUT2D eigenvalue weighted by atomic mass is 16.6. The van der Waals surface area contributed by atoms with Crippen LogP contribution in [0.1, 0.15) is 71.3 Å². The number of nitrogens with one attached hydrogen (secondary N) is 2. The van der Waals surface area contributed by atoms with E-state index >= 15 is 0 Å². The van der Waals surface area contributed by atoms with E-state index in [-0.39, 0.29) is 5.91 Å². The van der Waals surface area contributed by atoms with Crippen LogP contribution in [0.2, 0.25) is 0 Å². The minimum atomic E-state index is -0.600. The normalized spacial score (nSPS) is 16.0. The minimum absolute atomic E-state index is 0.178. The van der Waals surface area contributed by atoms with Gasteiger partial charge in [-0.25, -0.2) is 4.79 Å². The van der Waals surface area contributed by atoms with Crippen LogP contribution in [0, 0.1) is 5.92 Å². The second-order valence-electron chi connectivity index (χ2n) is 8.85. The number of benzene rings is 1.